The Bertz CT molecular complexity index is 422. The van der Waals surface area contributed by atoms with E-state index in [0.29, 0.717) is 6.04 Å². The third-order valence-corrected chi connectivity index (χ3v) is 4.42. The van der Waals surface area contributed by atoms with Gasteiger partial charge < -0.3 is 10.2 Å². The lowest BCUT2D eigenvalue weighted by molar-refractivity contribution is 0.414. The van der Waals surface area contributed by atoms with Crippen molar-refractivity contribution < 1.29 is 0 Å². The molecular formula is C16H25N3. The fourth-order valence-corrected chi connectivity index (χ4v) is 3.25. The molecule has 0 amide bonds. The summed E-state index contributed by atoms with van der Waals surface area (Å²) in [7, 11) is 0. The highest BCUT2D eigenvalue weighted by atomic mass is 15.2. The lowest BCUT2D eigenvalue weighted by Gasteiger charge is -2.33. The number of hydrogen-bond acceptors (Lipinski definition) is 3. The Morgan fingerprint density at radius 2 is 2.11 bits per heavy atom. The van der Waals surface area contributed by atoms with E-state index in [1.165, 1.54) is 55.6 Å². The van der Waals surface area contributed by atoms with Crippen LogP contribution in [0.1, 0.15) is 43.9 Å². The van der Waals surface area contributed by atoms with Crippen LogP contribution in [0.5, 0.6) is 0 Å². The van der Waals surface area contributed by atoms with Crippen LogP contribution in [0.3, 0.4) is 0 Å². The molecule has 0 spiro atoms. The average Bonchev–Trinajstić information content (AvgIpc) is 2.93. The normalized spacial score (nSPS) is 19.7. The third kappa shape index (κ3) is 2.92. The second kappa shape index (κ2) is 5.91. The van der Waals surface area contributed by atoms with E-state index >= 15 is 0 Å². The van der Waals surface area contributed by atoms with Crippen molar-refractivity contribution in [2.75, 3.05) is 24.5 Å². The molecule has 3 heteroatoms. The maximum Gasteiger partial charge on any atom is 0.128 e. The van der Waals surface area contributed by atoms with Crippen molar-refractivity contribution in [2.45, 2.75) is 51.5 Å². The summed E-state index contributed by atoms with van der Waals surface area (Å²) < 4.78 is 0. The van der Waals surface area contributed by atoms with Crippen molar-refractivity contribution in [2.24, 2.45) is 0 Å². The van der Waals surface area contributed by atoms with Crippen molar-refractivity contribution in [1.29, 1.82) is 0 Å². The van der Waals surface area contributed by atoms with Gasteiger partial charge >= 0.3 is 0 Å². The van der Waals surface area contributed by atoms with E-state index in [4.69, 9.17) is 4.98 Å². The summed E-state index contributed by atoms with van der Waals surface area (Å²) in [6.07, 6.45) is 7.42. The largest absolute Gasteiger partial charge is 0.356 e. The van der Waals surface area contributed by atoms with Gasteiger partial charge in [-0.05, 0) is 56.7 Å². The first-order valence-corrected chi connectivity index (χ1v) is 7.84. The molecule has 0 atom stereocenters. The van der Waals surface area contributed by atoms with E-state index in [9.17, 15) is 0 Å². The predicted octanol–water partition coefficient (Wildman–Crippen LogP) is 2.54. The van der Waals surface area contributed by atoms with Gasteiger partial charge in [-0.1, -0.05) is 13.0 Å². The van der Waals surface area contributed by atoms with Gasteiger partial charge in [-0.3, -0.25) is 0 Å². The second-order valence-corrected chi connectivity index (χ2v) is 5.84. The molecule has 1 aromatic heterocycles. The van der Waals surface area contributed by atoms with E-state index in [1.807, 2.05) is 0 Å². The van der Waals surface area contributed by atoms with Gasteiger partial charge in [-0.2, -0.15) is 0 Å². The Kier molecular flexibility index (Phi) is 4.02. The zero-order chi connectivity index (χ0) is 13.1. The van der Waals surface area contributed by atoms with E-state index in [-0.39, 0.29) is 0 Å². The number of anilines is 1. The van der Waals surface area contributed by atoms with E-state index in [0.717, 1.165) is 19.6 Å². The highest BCUT2D eigenvalue weighted by molar-refractivity contribution is 5.43. The first kappa shape index (κ1) is 12.9. The topological polar surface area (TPSA) is 28.2 Å². The van der Waals surface area contributed by atoms with E-state index in [2.05, 4.69) is 29.3 Å². The molecule has 3 nitrogen and oxygen atoms in total. The molecule has 19 heavy (non-hydrogen) atoms. The van der Waals surface area contributed by atoms with Crippen LogP contribution in [0.4, 0.5) is 5.82 Å². The zero-order valence-electron chi connectivity index (χ0n) is 12.0. The maximum atomic E-state index is 4.87. The Labute approximate surface area is 116 Å². The summed E-state index contributed by atoms with van der Waals surface area (Å²) >= 11 is 0. The molecule has 0 aromatic carbocycles. The number of nitrogens with one attached hydrogen (secondary N) is 1. The van der Waals surface area contributed by atoms with Gasteiger partial charge in [0.25, 0.3) is 0 Å². The van der Waals surface area contributed by atoms with Gasteiger partial charge in [0, 0.05) is 24.8 Å². The van der Waals surface area contributed by atoms with Crippen molar-refractivity contribution in [1.82, 2.24) is 10.3 Å². The van der Waals surface area contributed by atoms with Crippen LogP contribution in [0.25, 0.3) is 0 Å². The summed E-state index contributed by atoms with van der Waals surface area (Å²) in [6, 6.07) is 5.24. The molecule has 104 valence electrons. The molecule has 1 aromatic rings. The van der Waals surface area contributed by atoms with Crippen molar-refractivity contribution in [3.63, 3.8) is 0 Å². The number of nitrogens with zero attached hydrogens (tertiary/aromatic N) is 2. The van der Waals surface area contributed by atoms with Crippen LogP contribution < -0.4 is 10.2 Å². The zero-order valence-corrected chi connectivity index (χ0v) is 12.0. The molecule has 0 bridgehead atoms. The Balaban J connectivity index is 1.59. The fraction of sp³-hybridized carbons (Fsp3) is 0.688. The quantitative estimate of drug-likeness (QED) is 0.900. The number of rotatable bonds is 4. The number of hydrogen-bond donors (Lipinski definition) is 1. The minimum atomic E-state index is 0.714. The maximum absolute atomic E-state index is 4.87. The fourth-order valence-electron chi connectivity index (χ4n) is 3.25. The van der Waals surface area contributed by atoms with Crippen molar-refractivity contribution in [3.8, 4) is 0 Å². The molecular weight excluding hydrogens is 234 g/mol. The average molecular weight is 259 g/mol. The van der Waals surface area contributed by atoms with Gasteiger partial charge in [-0.15, -0.1) is 0 Å². The summed E-state index contributed by atoms with van der Waals surface area (Å²) in [5.41, 5.74) is 2.83. The Morgan fingerprint density at radius 1 is 1.26 bits per heavy atom. The number of aryl methyl sites for hydroxylation is 2. The van der Waals surface area contributed by atoms with Crippen LogP contribution in [-0.2, 0) is 12.8 Å². The third-order valence-electron chi connectivity index (χ3n) is 4.42. The molecule has 2 aliphatic rings. The van der Waals surface area contributed by atoms with Crippen LogP contribution >= 0.6 is 0 Å². The molecule has 1 aliphatic carbocycles. The molecule has 1 fully saturated rings. The number of piperidine rings is 1. The molecule has 0 unspecified atom stereocenters. The van der Waals surface area contributed by atoms with Crippen LogP contribution in [0, 0.1) is 0 Å². The minimum absolute atomic E-state index is 0.714. The highest BCUT2D eigenvalue weighted by Crippen LogP contribution is 2.25. The highest BCUT2D eigenvalue weighted by Gasteiger charge is 2.21. The summed E-state index contributed by atoms with van der Waals surface area (Å²) in [6.45, 7) is 5.68. The van der Waals surface area contributed by atoms with Gasteiger partial charge in [0.2, 0.25) is 0 Å². The summed E-state index contributed by atoms with van der Waals surface area (Å²) in [5, 5.41) is 3.64. The van der Waals surface area contributed by atoms with Gasteiger partial charge in [-0.25, -0.2) is 4.98 Å². The number of pyridine rings is 1. The number of fused-ring (bicyclic) bond motifs is 1. The molecule has 1 aliphatic heterocycles. The first-order valence-electron chi connectivity index (χ1n) is 7.84. The summed E-state index contributed by atoms with van der Waals surface area (Å²) in [5.74, 6) is 1.20. The first-order chi connectivity index (χ1) is 9.36. The number of aromatic nitrogens is 1. The van der Waals surface area contributed by atoms with E-state index < -0.39 is 0 Å². The van der Waals surface area contributed by atoms with Gasteiger partial charge in [0.1, 0.15) is 5.82 Å². The summed E-state index contributed by atoms with van der Waals surface area (Å²) in [4.78, 5) is 7.33. The van der Waals surface area contributed by atoms with Crippen LogP contribution in [-0.4, -0.2) is 30.7 Å². The molecule has 2 heterocycles. The van der Waals surface area contributed by atoms with Gasteiger partial charge in [0.05, 0.1) is 0 Å². The predicted molar refractivity (Wildman–Crippen MR) is 79.8 cm³/mol. The molecule has 1 N–H and O–H groups in total. The lowest BCUT2D eigenvalue weighted by atomic mass is 10.0. The molecule has 3 rings (SSSR count). The molecule has 0 saturated carbocycles. The van der Waals surface area contributed by atoms with Gasteiger partial charge in [0.15, 0.2) is 0 Å². The monoisotopic (exact) mass is 259 g/mol. The second-order valence-electron chi connectivity index (χ2n) is 5.84. The standard InChI is InChI=1S/C16H25N3/c1-2-10-17-14-8-11-19(12-9-14)16-7-6-13-4-3-5-15(13)18-16/h6-7,14,17H,2-5,8-12H2,1H3. The van der Waals surface area contributed by atoms with Crippen LogP contribution in [0.2, 0.25) is 0 Å². The van der Waals surface area contributed by atoms with E-state index in [1.54, 1.807) is 0 Å². The Morgan fingerprint density at radius 3 is 2.89 bits per heavy atom. The smallest absolute Gasteiger partial charge is 0.128 e. The minimum Gasteiger partial charge on any atom is -0.356 e. The lowest BCUT2D eigenvalue weighted by Crippen LogP contribution is -2.43. The molecule has 1 saturated heterocycles. The van der Waals surface area contributed by atoms with Crippen LogP contribution in [0.15, 0.2) is 12.1 Å². The van der Waals surface area contributed by atoms with Crippen molar-refractivity contribution in [3.05, 3.63) is 23.4 Å². The SMILES string of the molecule is CCCNC1CCN(c2ccc3c(n2)CCC3)CC1. The Hall–Kier alpha value is -1.09. The van der Waals surface area contributed by atoms with Crippen molar-refractivity contribution >= 4 is 5.82 Å². The molecule has 0 radical (unpaired) electrons.